The number of benzene rings is 1. The van der Waals surface area contributed by atoms with Gasteiger partial charge in [0.05, 0.1) is 6.61 Å². The van der Waals surface area contributed by atoms with Crippen LogP contribution >= 0.6 is 0 Å². The minimum absolute atomic E-state index is 0.204. The monoisotopic (exact) mass is 237 g/mol. The van der Waals surface area contributed by atoms with Crippen LogP contribution < -0.4 is 5.32 Å². The van der Waals surface area contributed by atoms with Crippen LogP contribution in [0, 0.1) is 5.92 Å². The number of carbonyl (C=O) groups excluding carboxylic acids is 1. The van der Waals surface area contributed by atoms with Gasteiger partial charge in [-0.3, -0.25) is 0 Å². The Morgan fingerprint density at radius 1 is 1.29 bits per heavy atom. The second-order valence-corrected chi connectivity index (χ2v) is 4.04. The number of nitrogens with one attached hydrogen (secondary N) is 1. The zero-order valence-corrected chi connectivity index (χ0v) is 11.2. The summed E-state index contributed by atoms with van der Waals surface area (Å²) in [5, 5.41) is 3.24. The maximum Gasteiger partial charge on any atom is 0.122 e. The molecule has 0 saturated carbocycles. The van der Waals surface area contributed by atoms with Gasteiger partial charge in [-0.25, -0.2) is 0 Å². The molecule has 0 fully saturated rings. The molecule has 0 aromatic heterocycles. The summed E-state index contributed by atoms with van der Waals surface area (Å²) in [5.41, 5.74) is 2.37. The Kier molecular flexibility index (Phi) is 9.06. The van der Waals surface area contributed by atoms with Crippen LogP contribution in [0.3, 0.4) is 0 Å². The van der Waals surface area contributed by atoms with Crippen molar-refractivity contribution in [1.82, 2.24) is 0 Å². The van der Waals surface area contributed by atoms with Gasteiger partial charge in [-0.15, -0.1) is 0 Å². The third-order valence-electron chi connectivity index (χ3n) is 1.92. The highest BCUT2D eigenvalue weighted by atomic mass is 16.5. The van der Waals surface area contributed by atoms with Crippen LogP contribution in [0.2, 0.25) is 0 Å². The summed E-state index contributed by atoms with van der Waals surface area (Å²) in [6, 6.07) is 8.28. The summed E-state index contributed by atoms with van der Waals surface area (Å²) in [6.45, 7) is 7.44. The summed E-state index contributed by atoms with van der Waals surface area (Å²) >= 11 is 0. The number of methoxy groups -OCH3 is 1. The molecular formula is C14H23NO2. The van der Waals surface area contributed by atoms with Crippen molar-refractivity contribution in [1.29, 1.82) is 0 Å². The first-order valence-electron chi connectivity index (χ1n) is 5.91. The highest BCUT2D eigenvalue weighted by molar-refractivity contribution is 5.51. The molecule has 1 aromatic carbocycles. The fourth-order valence-electron chi connectivity index (χ4n) is 1.09. The van der Waals surface area contributed by atoms with Crippen LogP contribution in [0.1, 0.15) is 26.3 Å². The highest BCUT2D eigenvalue weighted by Crippen LogP contribution is 2.09. The van der Waals surface area contributed by atoms with Crippen molar-refractivity contribution in [3.8, 4) is 0 Å². The van der Waals surface area contributed by atoms with Crippen molar-refractivity contribution in [2.45, 2.75) is 27.4 Å². The number of ether oxygens (including phenoxy) is 1. The zero-order chi connectivity index (χ0) is 13.1. The third-order valence-corrected chi connectivity index (χ3v) is 1.92. The van der Waals surface area contributed by atoms with Gasteiger partial charge < -0.3 is 14.8 Å². The Labute approximate surface area is 104 Å². The number of carbonyl (C=O) groups is 1. The summed E-state index contributed by atoms with van der Waals surface area (Å²) in [7, 11) is 1.71. The summed E-state index contributed by atoms with van der Waals surface area (Å²) in [5.74, 6) is 0.204. The average Bonchev–Trinajstić information content (AvgIpc) is 2.33. The van der Waals surface area contributed by atoms with E-state index in [4.69, 9.17) is 4.74 Å². The first-order valence-corrected chi connectivity index (χ1v) is 5.91. The predicted octanol–water partition coefficient (Wildman–Crippen LogP) is 3.11. The molecule has 1 aromatic rings. The van der Waals surface area contributed by atoms with Crippen molar-refractivity contribution in [3.05, 3.63) is 29.8 Å². The molecule has 0 atom stereocenters. The second kappa shape index (κ2) is 9.85. The average molecular weight is 237 g/mol. The zero-order valence-electron chi connectivity index (χ0n) is 11.2. The van der Waals surface area contributed by atoms with E-state index in [1.807, 2.05) is 13.8 Å². The number of aldehydes is 1. The minimum Gasteiger partial charge on any atom is -0.385 e. The van der Waals surface area contributed by atoms with Crippen molar-refractivity contribution >= 4 is 12.0 Å². The standard InChI is InChI=1S/C10H15NO.C4H8O/c1-3-11-10-6-4-9(5-7-10)8-12-2;1-4(2)3-5/h4-7,11H,3,8H2,1-2H3;3-4H,1-2H3. The SMILES string of the molecule is CC(C)C=O.CCNc1ccc(COC)cc1. The van der Waals surface area contributed by atoms with Gasteiger partial charge in [0.2, 0.25) is 0 Å². The Bertz CT molecular complexity index is 269. The highest BCUT2D eigenvalue weighted by Gasteiger charge is 1.91. The lowest BCUT2D eigenvalue weighted by Crippen LogP contribution is -1.96. The smallest absolute Gasteiger partial charge is 0.122 e. The number of hydrogen-bond acceptors (Lipinski definition) is 3. The van der Waals surface area contributed by atoms with Gasteiger partial charge in [0.1, 0.15) is 6.29 Å². The molecule has 0 unspecified atom stereocenters. The Morgan fingerprint density at radius 2 is 1.82 bits per heavy atom. The van der Waals surface area contributed by atoms with Crippen LogP contribution in [0.4, 0.5) is 5.69 Å². The van der Waals surface area contributed by atoms with Crippen LogP contribution in [-0.2, 0) is 16.1 Å². The lowest BCUT2D eigenvalue weighted by molar-refractivity contribution is -0.110. The number of anilines is 1. The molecule has 0 heterocycles. The van der Waals surface area contributed by atoms with E-state index in [2.05, 4.69) is 36.5 Å². The summed E-state index contributed by atoms with van der Waals surface area (Å²) in [6.07, 6.45) is 0.917. The fraction of sp³-hybridized carbons (Fsp3) is 0.500. The van der Waals surface area contributed by atoms with E-state index in [0.29, 0.717) is 6.61 Å². The van der Waals surface area contributed by atoms with Gasteiger partial charge in [0.15, 0.2) is 0 Å². The Balaban J connectivity index is 0.000000437. The van der Waals surface area contributed by atoms with E-state index in [-0.39, 0.29) is 5.92 Å². The van der Waals surface area contributed by atoms with Crippen molar-refractivity contribution < 1.29 is 9.53 Å². The van der Waals surface area contributed by atoms with Gasteiger partial charge in [0, 0.05) is 25.3 Å². The lowest BCUT2D eigenvalue weighted by Gasteiger charge is -2.03. The van der Waals surface area contributed by atoms with E-state index >= 15 is 0 Å². The third kappa shape index (κ3) is 8.46. The molecule has 96 valence electrons. The minimum atomic E-state index is 0.204. The largest absolute Gasteiger partial charge is 0.385 e. The van der Waals surface area contributed by atoms with E-state index < -0.39 is 0 Å². The molecule has 1 N–H and O–H groups in total. The van der Waals surface area contributed by atoms with Crippen LogP contribution in [-0.4, -0.2) is 19.9 Å². The number of hydrogen-bond donors (Lipinski definition) is 1. The van der Waals surface area contributed by atoms with Gasteiger partial charge in [-0.1, -0.05) is 26.0 Å². The van der Waals surface area contributed by atoms with E-state index in [1.54, 1.807) is 7.11 Å². The first kappa shape index (κ1) is 15.7. The molecule has 1 rings (SSSR count). The first-order chi connectivity index (χ1) is 8.13. The molecule has 0 radical (unpaired) electrons. The van der Waals surface area contributed by atoms with E-state index in [1.165, 1.54) is 5.56 Å². The summed E-state index contributed by atoms with van der Waals surface area (Å²) in [4.78, 5) is 9.50. The molecule has 0 saturated heterocycles. The maximum absolute atomic E-state index is 9.50. The van der Waals surface area contributed by atoms with Gasteiger partial charge >= 0.3 is 0 Å². The van der Waals surface area contributed by atoms with Crippen LogP contribution in [0.5, 0.6) is 0 Å². The molecule has 0 bridgehead atoms. The van der Waals surface area contributed by atoms with E-state index in [9.17, 15) is 4.79 Å². The van der Waals surface area contributed by atoms with Crippen molar-refractivity contribution in [3.63, 3.8) is 0 Å². The normalized spacial score (nSPS) is 9.47. The Hall–Kier alpha value is -1.35. The van der Waals surface area contributed by atoms with Crippen LogP contribution in [0.25, 0.3) is 0 Å². The predicted molar refractivity (Wildman–Crippen MR) is 72.2 cm³/mol. The summed E-state index contributed by atoms with van der Waals surface area (Å²) < 4.78 is 5.01. The van der Waals surface area contributed by atoms with E-state index in [0.717, 1.165) is 18.5 Å². The topological polar surface area (TPSA) is 38.3 Å². The lowest BCUT2D eigenvalue weighted by atomic mass is 10.2. The molecule has 0 aliphatic carbocycles. The molecule has 0 aliphatic rings. The molecule has 3 heteroatoms. The molecular weight excluding hydrogens is 214 g/mol. The van der Waals surface area contributed by atoms with Crippen molar-refractivity contribution in [2.75, 3.05) is 19.0 Å². The Morgan fingerprint density at radius 3 is 2.18 bits per heavy atom. The molecule has 3 nitrogen and oxygen atoms in total. The second-order valence-electron chi connectivity index (χ2n) is 4.04. The molecule has 17 heavy (non-hydrogen) atoms. The van der Waals surface area contributed by atoms with Crippen molar-refractivity contribution in [2.24, 2.45) is 5.92 Å². The molecule has 0 aliphatic heterocycles. The fourth-order valence-corrected chi connectivity index (χ4v) is 1.09. The van der Waals surface area contributed by atoms with Gasteiger partial charge in [0.25, 0.3) is 0 Å². The maximum atomic E-state index is 9.50. The molecule has 0 amide bonds. The molecule has 0 spiro atoms. The van der Waals surface area contributed by atoms with Gasteiger partial charge in [-0.05, 0) is 24.6 Å². The number of rotatable bonds is 5. The van der Waals surface area contributed by atoms with Gasteiger partial charge in [-0.2, -0.15) is 0 Å². The van der Waals surface area contributed by atoms with Crippen LogP contribution in [0.15, 0.2) is 24.3 Å². The quantitative estimate of drug-likeness (QED) is 0.800.